The molecule has 2 aliphatic rings. The minimum Gasteiger partial charge on any atom is -0.342 e. The van der Waals surface area contributed by atoms with E-state index in [1.54, 1.807) is 0 Å². The molecular weight excluding hydrogens is 355 g/mol. The Bertz CT molecular complexity index is 818. The third-order valence-corrected chi connectivity index (χ3v) is 6.18. The van der Waals surface area contributed by atoms with Gasteiger partial charge in [0.05, 0.1) is 5.69 Å². The van der Waals surface area contributed by atoms with Crippen LogP contribution in [0.25, 0.3) is 0 Å². The Morgan fingerprint density at radius 1 is 1.14 bits per heavy atom. The van der Waals surface area contributed by atoms with Gasteiger partial charge < -0.3 is 4.90 Å². The van der Waals surface area contributed by atoms with Crippen molar-refractivity contribution in [1.29, 1.82) is 0 Å². The van der Waals surface area contributed by atoms with Gasteiger partial charge >= 0.3 is 0 Å². The maximum atomic E-state index is 13.1. The second kappa shape index (κ2) is 8.03. The molecular formula is C22H29FN4O. The summed E-state index contributed by atoms with van der Waals surface area (Å²) in [7, 11) is 0. The van der Waals surface area contributed by atoms with Gasteiger partial charge in [0.25, 0.3) is 0 Å². The Hall–Kier alpha value is -2.21. The molecule has 1 atom stereocenters. The Balaban J connectivity index is 1.31. The number of aryl methyl sites for hydroxylation is 2. The van der Waals surface area contributed by atoms with Crippen molar-refractivity contribution in [3.63, 3.8) is 0 Å². The Morgan fingerprint density at radius 2 is 1.96 bits per heavy atom. The van der Waals surface area contributed by atoms with Crippen LogP contribution in [0.1, 0.15) is 36.9 Å². The van der Waals surface area contributed by atoms with Gasteiger partial charge in [-0.3, -0.25) is 14.4 Å². The average molecular weight is 384 g/mol. The lowest BCUT2D eigenvalue weighted by atomic mass is 9.79. The molecule has 1 spiro atoms. The molecule has 2 aromatic rings. The minimum atomic E-state index is -0.186. The molecule has 1 amide bonds. The molecule has 0 bridgehead atoms. The lowest BCUT2D eigenvalue weighted by molar-refractivity contribution is -0.131. The molecule has 3 heterocycles. The number of likely N-dealkylation sites (tertiary alicyclic amines) is 2. The molecule has 2 aliphatic heterocycles. The molecule has 4 rings (SSSR count). The molecule has 0 aliphatic carbocycles. The fourth-order valence-electron chi connectivity index (χ4n) is 4.73. The highest BCUT2D eigenvalue weighted by Gasteiger charge is 2.42. The number of benzene rings is 1. The van der Waals surface area contributed by atoms with Gasteiger partial charge in [-0.15, -0.1) is 0 Å². The van der Waals surface area contributed by atoms with Gasteiger partial charge in [0.2, 0.25) is 5.91 Å². The smallest absolute Gasteiger partial charge is 0.224 e. The zero-order chi connectivity index (χ0) is 19.6. The quantitative estimate of drug-likeness (QED) is 0.795. The molecule has 28 heavy (non-hydrogen) atoms. The van der Waals surface area contributed by atoms with Crippen molar-refractivity contribution in [1.82, 2.24) is 19.6 Å². The molecule has 6 heteroatoms. The maximum Gasteiger partial charge on any atom is 0.224 e. The molecule has 1 aromatic heterocycles. The minimum absolute atomic E-state index is 0.186. The molecule has 0 saturated carbocycles. The first kappa shape index (κ1) is 19.1. The van der Waals surface area contributed by atoms with Gasteiger partial charge in [0.1, 0.15) is 5.82 Å². The average Bonchev–Trinajstić information content (AvgIpc) is 3.28. The van der Waals surface area contributed by atoms with Crippen LogP contribution < -0.4 is 0 Å². The van der Waals surface area contributed by atoms with Crippen molar-refractivity contribution in [3.05, 3.63) is 53.6 Å². The number of carbonyl (C=O) groups excluding carboxylic acids is 1. The molecule has 1 aromatic carbocycles. The van der Waals surface area contributed by atoms with E-state index in [1.807, 2.05) is 36.0 Å². The van der Waals surface area contributed by atoms with E-state index in [0.717, 1.165) is 56.8 Å². The number of aromatic nitrogens is 2. The highest BCUT2D eigenvalue weighted by molar-refractivity contribution is 5.76. The molecule has 0 N–H and O–H groups in total. The molecule has 0 unspecified atom stereocenters. The van der Waals surface area contributed by atoms with Crippen molar-refractivity contribution >= 4 is 5.91 Å². The number of nitrogens with zero attached hydrogens (tertiary/aromatic N) is 4. The number of hydrogen-bond acceptors (Lipinski definition) is 3. The van der Waals surface area contributed by atoms with Crippen molar-refractivity contribution in [2.75, 3.05) is 26.2 Å². The van der Waals surface area contributed by atoms with Gasteiger partial charge in [-0.25, -0.2) is 4.39 Å². The summed E-state index contributed by atoms with van der Waals surface area (Å²) in [5.74, 6) is 0.0507. The fourth-order valence-corrected chi connectivity index (χ4v) is 4.73. The van der Waals surface area contributed by atoms with E-state index >= 15 is 0 Å². The molecule has 2 saturated heterocycles. The van der Waals surface area contributed by atoms with Crippen molar-refractivity contribution in [3.8, 4) is 0 Å². The van der Waals surface area contributed by atoms with Gasteiger partial charge in [-0.2, -0.15) is 5.10 Å². The lowest BCUT2D eigenvalue weighted by Gasteiger charge is -2.40. The third-order valence-electron chi connectivity index (χ3n) is 6.18. The van der Waals surface area contributed by atoms with E-state index in [1.165, 1.54) is 18.6 Å². The molecule has 0 radical (unpaired) electrons. The van der Waals surface area contributed by atoms with Gasteiger partial charge in [-0.1, -0.05) is 12.1 Å². The van der Waals surface area contributed by atoms with Crippen LogP contribution in [-0.2, 0) is 17.9 Å². The number of hydrogen-bond donors (Lipinski definition) is 0. The van der Waals surface area contributed by atoms with Crippen molar-refractivity contribution in [2.24, 2.45) is 5.41 Å². The van der Waals surface area contributed by atoms with Crippen LogP contribution in [0.2, 0.25) is 0 Å². The summed E-state index contributed by atoms with van der Waals surface area (Å²) in [6.07, 6.45) is 5.88. The van der Waals surface area contributed by atoms with Gasteiger partial charge in [0, 0.05) is 50.8 Å². The lowest BCUT2D eigenvalue weighted by Crippen LogP contribution is -2.45. The third kappa shape index (κ3) is 4.43. The van der Waals surface area contributed by atoms with Crippen LogP contribution >= 0.6 is 0 Å². The monoisotopic (exact) mass is 384 g/mol. The van der Waals surface area contributed by atoms with E-state index in [2.05, 4.69) is 14.9 Å². The van der Waals surface area contributed by atoms with E-state index in [9.17, 15) is 9.18 Å². The van der Waals surface area contributed by atoms with Gasteiger partial charge in [-0.05, 0) is 56.5 Å². The highest BCUT2D eigenvalue weighted by Crippen LogP contribution is 2.39. The predicted octanol–water partition coefficient (Wildman–Crippen LogP) is 3.24. The second-order valence-corrected chi connectivity index (χ2v) is 8.48. The highest BCUT2D eigenvalue weighted by atomic mass is 19.1. The van der Waals surface area contributed by atoms with Crippen LogP contribution in [0.5, 0.6) is 0 Å². The molecule has 5 nitrogen and oxygen atoms in total. The van der Waals surface area contributed by atoms with Crippen molar-refractivity contribution in [2.45, 2.75) is 45.7 Å². The van der Waals surface area contributed by atoms with Gasteiger partial charge in [0.15, 0.2) is 0 Å². The number of halogens is 1. The first-order chi connectivity index (χ1) is 13.5. The van der Waals surface area contributed by atoms with Crippen LogP contribution in [0, 0.1) is 18.2 Å². The zero-order valence-corrected chi connectivity index (χ0v) is 16.6. The fraction of sp³-hybridized carbons (Fsp3) is 0.545. The standard InChI is InChI=1S/C22H29FN4O/c1-18-7-12-27(24-18)13-8-21(28)26-14-10-22(17-26)9-2-11-25(16-22)15-19-3-5-20(23)6-4-19/h3-7,12H,2,8-11,13-17H2,1H3/t22-/m0/s1. The Morgan fingerprint density at radius 3 is 2.71 bits per heavy atom. The molecule has 2 fully saturated rings. The second-order valence-electron chi connectivity index (χ2n) is 8.48. The van der Waals surface area contributed by atoms with Crippen LogP contribution in [-0.4, -0.2) is 51.7 Å². The summed E-state index contributed by atoms with van der Waals surface area (Å²) >= 11 is 0. The number of carbonyl (C=O) groups is 1. The summed E-state index contributed by atoms with van der Waals surface area (Å²) < 4.78 is 15.0. The summed E-state index contributed by atoms with van der Waals surface area (Å²) in [6, 6.07) is 8.78. The summed E-state index contributed by atoms with van der Waals surface area (Å²) in [5, 5.41) is 4.36. The molecule has 150 valence electrons. The number of rotatable bonds is 5. The van der Waals surface area contributed by atoms with Crippen molar-refractivity contribution < 1.29 is 9.18 Å². The van der Waals surface area contributed by atoms with E-state index in [4.69, 9.17) is 0 Å². The SMILES string of the molecule is Cc1ccn(CCC(=O)N2CC[C@]3(CCCN(Cc4ccc(F)cc4)C3)C2)n1. The number of amides is 1. The summed E-state index contributed by atoms with van der Waals surface area (Å²) in [6.45, 7) is 7.29. The van der Waals surface area contributed by atoms with E-state index in [-0.39, 0.29) is 17.1 Å². The topological polar surface area (TPSA) is 41.4 Å². The Labute approximate surface area is 166 Å². The predicted molar refractivity (Wildman–Crippen MR) is 106 cm³/mol. The normalized spacial score (nSPS) is 22.9. The number of piperidine rings is 1. The van der Waals surface area contributed by atoms with Crippen LogP contribution in [0.4, 0.5) is 4.39 Å². The van der Waals surface area contributed by atoms with Crippen LogP contribution in [0.3, 0.4) is 0 Å². The largest absolute Gasteiger partial charge is 0.342 e. The Kier molecular flexibility index (Phi) is 5.49. The maximum absolute atomic E-state index is 13.1. The van der Waals surface area contributed by atoms with E-state index < -0.39 is 0 Å². The van der Waals surface area contributed by atoms with Crippen LogP contribution in [0.15, 0.2) is 36.5 Å². The summed E-state index contributed by atoms with van der Waals surface area (Å²) in [5.41, 5.74) is 2.35. The zero-order valence-electron chi connectivity index (χ0n) is 16.6. The van der Waals surface area contributed by atoms with E-state index in [0.29, 0.717) is 13.0 Å². The summed E-state index contributed by atoms with van der Waals surface area (Å²) in [4.78, 5) is 17.2. The first-order valence-electron chi connectivity index (χ1n) is 10.3. The first-order valence-corrected chi connectivity index (χ1v) is 10.3.